The van der Waals surface area contributed by atoms with E-state index in [1.807, 2.05) is 27.7 Å². The van der Waals surface area contributed by atoms with Crippen LogP contribution in [0.5, 0.6) is 0 Å². The number of carboxylic acids is 1. The Morgan fingerprint density at radius 2 is 1.80 bits per heavy atom. The van der Waals surface area contributed by atoms with Gasteiger partial charge in [0.2, 0.25) is 0 Å². The van der Waals surface area contributed by atoms with Crippen LogP contribution >= 0.6 is 12.4 Å². The van der Waals surface area contributed by atoms with Gasteiger partial charge in [-0.05, 0) is 18.3 Å². The van der Waals surface area contributed by atoms with Crippen LogP contribution in [0, 0.1) is 5.41 Å². The minimum Gasteiger partial charge on any atom is -0.480 e. The van der Waals surface area contributed by atoms with Crippen LogP contribution in [-0.2, 0) is 4.79 Å². The van der Waals surface area contributed by atoms with E-state index in [1.165, 1.54) is 0 Å². The van der Waals surface area contributed by atoms with Crippen molar-refractivity contribution in [2.24, 2.45) is 11.1 Å². The molecule has 15 heavy (non-hydrogen) atoms. The van der Waals surface area contributed by atoms with Crippen LogP contribution in [0.1, 0.15) is 53.4 Å². The third-order valence-electron chi connectivity index (χ3n) is 2.25. The van der Waals surface area contributed by atoms with E-state index in [-0.39, 0.29) is 17.8 Å². The van der Waals surface area contributed by atoms with E-state index in [0.29, 0.717) is 12.8 Å². The fourth-order valence-electron chi connectivity index (χ4n) is 1.71. The molecule has 3 nitrogen and oxygen atoms in total. The molecule has 0 aromatic heterocycles. The van der Waals surface area contributed by atoms with Crippen molar-refractivity contribution in [3.63, 3.8) is 0 Å². The normalized spacial score (nSPS) is 15.3. The van der Waals surface area contributed by atoms with Gasteiger partial charge in [0.15, 0.2) is 0 Å². The zero-order valence-corrected chi connectivity index (χ0v) is 11.0. The number of hydrogen-bond acceptors (Lipinski definition) is 2. The van der Waals surface area contributed by atoms with Gasteiger partial charge in [-0.3, -0.25) is 4.79 Å². The van der Waals surface area contributed by atoms with Crippen LogP contribution in [-0.4, -0.2) is 16.6 Å². The van der Waals surface area contributed by atoms with E-state index in [0.717, 1.165) is 12.8 Å². The molecular weight excluding hydrogens is 214 g/mol. The fraction of sp³-hybridized carbons (Fsp3) is 0.909. The zero-order valence-electron chi connectivity index (χ0n) is 10.2. The lowest BCUT2D eigenvalue weighted by Crippen LogP contribution is -2.50. The molecular formula is C11H24ClNO2. The van der Waals surface area contributed by atoms with Crippen molar-refractivity contribution in [3.05, 3.63) is 0 Å². The van der Waals surface area contributed by atoms with Crippen molar-refractivity contribution in [3.8, 4) is 0 Å². The topological polar surface area (TPSA) is 63.3 Å². The Morgan fingerprint density at radius 3 is 2.07 bits per heavy atom. The Balaban J connectivity index is 0. The Bertz CT molecular complexity index is 201. The number of unbranched alkanes of at least 4 members (excludes halogenated alkanes) is 1. The number of nitrogens with two attached hydrogens (primary N) is 1. The number of halogens is 1. The smallest absolute Gasteiger partial charge is 0.323 e. The van der Waals surface area contributed by atoms with E-state index in [9.17, 15) is 4.79 Å². The number of rotatable bonds is 5. The van der Waals surface area contributed by atoms with E-state index >= 15 is 0 Å². The first-order chi connectivity index (χ1) is 6.21. The molecule has 0 aliphatic carbocycles. The van der Waals surface area contributed by atoms with Crippen molar-refractivity contribution >= 4 is 18.4 Å². The van der Waals surface area contributed by atoms with Gasteiger partial charge in [-0.2, -0.15) is 0 Å². The van der Waals surface area contributed by atoms with E-state index < -0.39 is 11.5 Å². The maximum Gasteiger partial charge on any atom is 0.323 e. The Morgan fingerprint density at radius 1 is 1.33 bits per heavy atom. The van der Waals surface area contributed by atoms with Crippen LogP contribution in [0.2, 0.25) is 0 Å². The highest BCUT2D eigenvalue weighted by Gasteiger charge is 2.37. The second-order valence-corrected chi connectivity index (χ2v) is 5.30. The van der Waals surface area contributed by atoms with Crippen LogP contribution in [0.3, 0.4) is 0 Å². The van der Waals surface area contributed by atoms with Crippen molar-refractivity contribution in [1.29, 1.82) is 0 Å². The lowest BCUT2D eigenvalue weighted by Gasteiger charge is -2.31. The third kappa shape index (κ3) is 6.74. The summed E-state index contributed by atoms with van der Waals surface area (Å²) in [5.74, 6) is -0.874. The maximum absolute atomic E-state index is 11.1. The van der Waals surface area contributed by atoms with Gasteiger partial charge in [0.25, 0.3) is 0 Å². The molecule has 0 amide bonds. The maximum atomic E-state index is 11.1. The molecule has 0 heterocycles. The summed E-state index contributed by atoms with van der Waals surface area (Å²) in [4.78, 5) is 11.1. The predicted octanol–water partition coefficient (Wildman–Crippen LogP) is 2.82. The molecule has 0 bridgehead atoms. The Hall–Kier alpha value is -0.280. The number of carboxylic acid groups (broad SMARTS) is 1. The van der Waals surface area contributed by atoms with Crippen LogP contribution < -0.4 is 5.73 Å². The highest BCUT2D eigenvalue weighted by Crippen LogP contribution is 2.29. The van der Waals surface area contributed by atoms with Crippen LogP contribution in [0.25, 0.3) is 0 Å². The number of hydrogen-bond donors (Lipinski definition) is 2. The van der Waals surface area contributed by atoms with Gasteiger partial charge in [-0.25, -0.2) is 0 Å². The molecule has 1 unspecified atom stereocenters. The summed E-state index contributed by atoms with van der Waals surface area (Å²) in [5, 5.41) is 9.10. The molecule has 0 spiro atoms. The van der Waals surface area contributed by atoms with E-state index in [4.69, 9.17) is 10.8 Å². The van der Waals surface area contributed by atoms with E-state index in [2.05, 4.69) is 0 Å². The van der Waals surface area contributed by atoms with Crippen molar-refractivity contribution in [1.82, 2.24) is 0 Å². The van der Waals surface area contributed by atoms with Crippen molar-refractivity contribution in [2.45, 2.75) is 58.9 Å². The summed E-state index contributed by atoms with van der Waals surface area (Å²) in [6.45, 7) is 8.09. The third-order valence-corrected chi connectivity index (χ3v) is 2.25. The standard InChI is InChI=1S/C11H23NO2.ClH/c1-5-6-7-11(12,9(13)14)8-10(2,3)4;/h5-8,12H2,1-4H3,(H,13,14);1H. The quantitative estimate of drug-likeness (QED) is 0.773. The second kappa shape index (κ2) is 6.33. The monoisotopic (exact) mass is 237 g/mol. The average molecular weight is 238 g/mol. The highest BCUT2D eigenvalue weighted by molar-refractivity contribution is 5.85. The summed E-state index contributed by atoms with van der Waals surface area (Å²) < 4.78 is 0. The van der Waals surface area contributed by atoms with Gasteiger partial charge >= 0.3 is 5.97 Å². The summed E-state index contributed by atoms with van der Waals surface area (Å²) in [5.41, 5.74) is 4.83. The van der Waals surface area contributed by atoms with Gasteiger partial charge in [-0.1, -0.05) is 40.5 Å². The first-order valence-corrected chi connectivity index (χ1v) is 5.23. The molecule has 0 aromatic rings. The molecule has 0 rings (SSSR count). The molecule has 4 heteroatoms. The number of carbonyl (C=O) groups is 1. The molecule has 0 saturated carbocycles. The minimum absolute atomic E-state index is 0. The second-order valence-electron chi connectivity index (χ2n) is 5.30. The van der Waals surface area contributed by atoms with Gasteiger partial charge in [-0.15, -0.1) is 12.4 Å². The lowest BCUT2D eigenvalue weighted by atomic mass is 9.78. The van der Waals surface area contributed by atoms with Gasteiger partial charge in [0, 0.05) is 0 Å². The Labute approximate surface area is 98.8 Å². The minimum atomic E-state index is -1.05. The largest absolute Gasteiger partial charge is 0.480 e. The molecule has 0 saturated heterocycles. The highest BCUT2D eigenvalue weighted by atomic mass is 35.5. The molecule has 1 atom stereocenters. The average Bonchev–Trinajstić information content (AvgIpc) is 1.97. The van der Waals surface area contributed by atoms with Crippen molar-refractivity contribution in [2.75, 3.05) is 0 Å². The predicted molar refractivity (Wildman–Crippen MR) is 65.4 cm³/mol. The molecule has 0 fully saturated rings. The molecule has 0 aliphatic rings. The first-order valence-electron chi connectivity index (χ1n) is 5.23. The van der Waals surface area contributed by atoms with Gasteiger partial charge in [0.1, 0.15) is 5.54 Å². The summed E-state index contributed by atoms with van der Waals surface area (Å²) in [6.07, 6.45) is 2.95. The first kappa shape index (κ1) is 17.1. The summed E-state index contributed by atoms with van der Waals surface area (Å²) >= 11 is 0. The molecule has 0 radical (unpaired) electrons. The van der Waals surface area contributed by atoms with Crippen LogP contribution in [0.15, 0.2) is 0 Å². The molecule has 0 aromatic carbocycles. The van der Waals surface area contributed by atoms with E-state index in [1.54, 1.807) is 0 Å². The van der Waals surface area contributed by atoms with Gasteiger partial charge in [0.05, 0.1) is 0 Å². The Kier molecular flexibility index (Phi) is 7.23. The van der Waals surface area contributed by atoms with Crippen LogP contribution in [0.4, 0.5) is 0 Å². The SMILES string of the molecule is CCCCC(N)(CC(C)(C)C)C(=O)O.Cl. The number of aliphatic carboxylic acids is 1. The van der Waals surface area contributed by atoms with Gasteiger partial charge < -0.3 is 10.8 Å². The summed E-state index contributed by atoms with van der Waals surface area (Å²) in [6, 6.07) is 0. The molecule has 92 valence electrons. The molecule has 3 N–H and O–H groups in total. The zero-order chi connectivity index (χ0) is 11.4. The fourth-order valence-corrected chi connectivity index (χ4v) is 1.71. The van der Waals surface area contributed by atoms with Crippen molar-refractivity contribution < 1.29 is 9.90 Å². The summed E-state index contributed by atoms with van der Waals surface area (Å²) in [7, 11) is 0. The lowest BCUT2D eigenvalue weighted by molar-refractivity contribution is -0.145. The molecule has 0 aliphatic heterocycles.